The van der Waals surface area contributed by atoms with Crippen molar-refractivity contribution in [2.45, 2.75) is 58.2 Å². The minimum Gasteiger partial charge on any atom is -0.361 e. The number of H-pyrrole nitrogens is 1. The number of hydrogen-bond donors (Lipinski definition) is 2. The fourth-order valence-electron chi connectivity index (χ4n) is 5.29. The normalized spacial score (nSPS) is 24.6. The molecule has 0 aliphatic carbocycles. The van der Waals surface area contributed by atoms with Crippen LogP contribution in [0.25, 0.3) is 10.9 Å². The van der Waals surface area contributed by atoms with Gasteiger partial charge in [-0.2, -0.15) is 0 Å². The molecule has 4 rings (SSSR count). The first-order valence-corrected chi connectivity index (χ1v) is 12.1. The molecule has 1 aromatic heterocycles. The highest BCUT2D eigenvalue weighted by Gasteiger charge is 2.29. The maximum Gasteiger partial charge on any atom is 0.237 e. The Labute approximate surface area is 187 Å². The summed E-state index contributed by atoms with van der Waals surface area (Å²) < 4.78 is 0. The molecule has 2 N–H and O–H groups in total. The summed E-state index contributed by atoms with van der Waals surface area (Å²) in [5.74, 6) is 0.146. The van der Waals surface area contributed by atoms with Crippen LogP contribution in [0, 0.1) is 0 Å². The number of aromatic amines is 1. The van der Waals surface area contributed by atoms with Crippen LogP contribution in [0.1, 0.15) is 39.2 Å². The second-order valence-corrected chi connectivity index (χ2v) is 9.47. The molecule has 6 nitrogen and oxygen atoms in total. The Balaban J connectivity index is 1.17. The van der Waals surface area contributed by atoms with E-state index in [0.717, 1.165) is 56.7 Å². The van der Waals surface area contributed by atoms with Crippen LogP contribution < -0.4 is 5.32 Å². The summed E-state index contributed by atoms with van der Waals surface area (Å²) in [4.78, 5) is 23.6. The monoisotopic (exact) mass is 425 g/mol. The first kappa shape index (κ1) is 22.3. The molecule has 1 aromatic carbocycles. The number of likely N-dealkylation sites (tertiary alicyclic amines) is 1. The summed E-state index contributed by atoms with van der Waals surface area (Å²) in [7, 11) is 0. The fraction of sp³-hybridized carbons (Fsp3) is 0.640. The Morgan fingerprint density at radius 1 is 1.10 bits per heavy atom. The van der Waals surface area contributed by atoms with Crippen molar-refractivity contribution in [1.82, 2.24) is 25.0 Å². The lowest BCUT2D eigenvalue weighted by Gasteiger charge is -2.38. The predicted octanol–water partition coefficient (Wildman–Crippen LogP) is 2.71. The Bertz CT molecular complexity index is 846. The Hall–Kier alpha value is -1.89. The van der Waals surface area contributed by atoms with Crippen LogP contribution in [-0.2, 0) is 11.2 Å². The van der Waals surface area contributed by atoms with Gasteiger partial charge in [0.25, 0.3) is 0 Å². The largest absolute Gasteiger partial charge is 0.361 e. The fourth-order valence-corrected chi connectivity index (χ4v) is 5.29. The average molecular weight is 426 g/mol. The summed E-state index contributed by atoms with van der Waals surface area (Å²) in [6.45, 7) is 13.8. The number of carbonyl (C=O) groups is 1. The lowest BCUT2D eigenvalue weighted by Crippen LogP contribution is -2.55. The average Bonchev–Trinajstić information content (AvgIpc) is 3.35. The van der Waals surface area contributed by atoms with Crippen molar-refractivity contribution >= 4 is 16.8 Å². The zero-order chi connectivity index (χ0) is 21.8. The third-order valence-electron chi connectivity index (χ3n) is 7.51. The third-order valence-corrected chi connectivity index (χ3v) is 7.51. The lowest BCUT2D eigenvalue weighted by atomic mass is 10.1. The van der Waals surface area contributed by atoms with Crippen molar-refractivity contribution in [2.24, 2.45) is 0 Å². The van der Waals surface area contributed by atoms with Gasteiger partial charge in [-0.15, -0.1) is 0 Å². The second-order valence-electron chi connectivity index (χ2n) is 9.47. The zero-order valence-electron chi connectivity index (χ0n) is 19.4. The van der Waals surface area contributed by atoms with E-state index in [2.05, 4.69) is 63.2 Å². The van der Waals surface area contributed by atoms with Crippen LogP contribution in [0.3, 0.4) is 0 Å². The van der Waals surface area contributed by atoms with Gasteiger partial charge in [-0.25, -0.2) is 0 Å². The quantitative estimate of drug-likeness (QED) is 0.683. The second kappa shape index (κ2) is 10.2. The van der Waals surface area contributed by atoms with Crippen LogP contribution in [0.2, 0.25) is 0 Å². The van der Waals surface area contributed by atoms with E-state index < -0.39 is 0 Å². The van der Waals surface area contributed by atoms with Crippen molar-refractivity contribution < 1.29 is 4.79 Å². The number of hydrogen-bond acceptors (Lipinski definition) is 4. The number of nitrogens with zero attached hydrogens (tertiary/aromatic N) is 3. The number of benzene rings is 1. The Morgan fingerprint density at radius 2 is 1.81 bits per heavy atom. The van der Waals surface area contributed by atoms with Gasteiger partial charge in [0.2, 0.25) is 5.91 Å². The van der Waals surface area contributed by atoms with E-state index in [9.17, 15) is 4.79 Å². The van der Waals surface area contributed by atoms with Crippen LogP contribution in [-0.4, -0.2) is 89.5 Å². The van der Waals surface area contributed by atoms with Crippen molar-refractivity contribution in [3.8, 4) is 0 Å². The molecule has 170 valence electrons. The molecular formula is C25H39N5O. The number of fused-ring (bicyclic) bond motifs is 1. The molecule has 2 aliphatic heterocycles. The molecule has 3 heterocycles. The van der Waals surface area contributed by atoms with Crippen molar-refractivity contribution in [3.05, 3.63) is 36.0 Å². The maximum absolute atomic E-state index is 12.7. The number of aromatic nitrogens is 1. The van der Waals surface area contributed by atoms with Crippen molar-refractivity contribution in [3.63, 3.8) is 0 Å². The zero-order valence-corrected chi connectivity index (χ0v) is 19.4. The minimum atomic E-state index is -0.0660. The first-order valence-electron chi connectivity index (χ1n) is 12.1. The van der Waals surface area contributed by atoms with Gasteiger partial charge in [-0.1, -0.05) is 18.2 Å². The number of piperazine rings is 1. The van der Waals surface area contributed by atoms with Crippen LogP contribution in [0.4, 0.5) is 0 Å². The molecule has 2 aromatic rings. The van der Waals surface area contributed by atoms with Gasteiger partial charge in [0.1, 0.15) is 0 Å². The molecule has 3 unspecified atom stereocenters. The lowest BCUT2D eigenvalue weighted by molar-refractivity contribution is -0.126. The number of nitrogens with one attached hydrogen (secondary N) is 2. The van der Waals surface area contributed by atoms with Gasteiger partial charge in [0.05, 0.1) is 6.04 Å². The molecule has 6 heteroatoms. The number of amides is 1. The number of carbonyl (C=O) groups excluding carboxylic acids is 1. The molecule has 0 radical (unpaired) electrons. The maximum atomic E-state index is 12.7. The molecule has 0 saturated carbocycles. The SMILES string of the molecule is CC(C(=O)NCCc1c[nH]c2ccccc12)N1CCN(CCN2C(C)CCC2C)CC1. The van der Waals surface area contributed by atoms with Crippen LogP contribution in [0.5, 0.6) is 0 Å². The first-order chi connectivity index (χ1) is 15.0. The molecule has 2 aliphatic rings. The van der Waals surface area contributed by atoms with E-state index in [1.54, 1.807) is 0 Å². The van der Waals surface area contributed by atoms with E-state index >= 15 is 0 Å². The predicted molar refractivity (Wildman–Crippen MR) is 127 cm³/mol. The van der Waals surface area contributed by atoms with Crippen molar-refractivity contribution in [2.75, 3.05) is 45.8 Å². The Kier molecular flexibility index (Phi) is 7.31. The molecule has 1 amide bonds. The summed E-state index contributed by atoms with van der Waals surface area (Å²) in [5.41, 5.74) is 2.42. The molecule has 2 fully saturated rings. The van der Waals surface area contributed by atoms with E-state index in [4.69, 9.17) is 0 Å². The standard InChI is InChI=1S/C25H39N5O/c1-19-8-9-20(2)30(19)17-14-28-12-15-29(16-13-28)21(3)25(31)26-11-10-22-18-27-24-7-5-4-6-23(22)24/h4-7,18-21,27H,8-17H2,1-3H3,(H,26,31). The highest BCUT2D eigenvalue weighted by atomic mass is 16.2. The molecule has 3 atom stereocenters. The highest BCUT2D eigenvalue weighted by Crippen LogP contribution is 2.23. The van der Waals surface area contributed by atoms with Gasteiger partial charge in [-0.05, 0) is 51.7 Å². The van der Waals surface area contributed by atoms with E-state index in [1.165, 1.54) is 30.3 Å². The van der Waals surface area contributed by atoms with Gasteiger partial charge in [-0.3, -0.25) is 19.5 Å². The molecule has 2 saturated heterocycles. The molecule has 31 heavy (non-hydrogen) atoms. The number of para-hydroxylation sites is 1. The van der Waals surface area contributed by atoms with E-state index in [-0.39, 0.29) is 11.9 Å². The molecular weight excluding hydrogens is 386 g/mol. The van der Waals surface area contributed by atoms with Gasteiger partial charge in [0, 0.05) is 75.0 Å². The third kappa shape index (κ3) is 5.30. The molecule has 0 spiro atoms. The topological polar surface area (TPSA) is 54.6 Å². The summed E-state index contributed by atoms with van der Waals surface area (Å²) in [6.07, 6.45) is 5.58. The summed E-state index contributed by atoms with van der Waals surface area (Å²) in [5, 5.41) is 4.40. The van der Waals surface area contributed by atoms with Gasteiger partial charge < -0.3 is 10.3 Å². The summed E-state index contributed by atoms with van der Waals surface area (Å²) >= 11 is 0. The highest BCUT2D eigenvalue weighted by molar-refractivity contribution is 5.83. The van der Waals surface area contributed by atoms with Crippen LogP contribution in [0.15, 0.2) is 30.5 Å². The molecule has 0 bridgehead atoms. The van der Waals surface area contributed by atoms with Gasteiger partial charge in [0.15, 0.2) is 0 Å². The Morgan fingerprint density at radius 3 is 2.55 bits per heavy atom. The summed E-state index contributed by atoms with van der Waals surface area (Å²) in [6, 6.07) is 9.71. The van der Waals surface area contributed by atoms with E-state index in [1.807, 2.05) is 13.0 Å². The van der Waals surface area contributed by atoms with Crippen LogP contribution >= 0.6 is 0 Å². The minimum absolute atomic E-state index is 0.0660. The van der Waals surface area contributed by atoms with E-state index in [0.29, 0.717) is 6.54 Å². The van der Waals surface area contributed by atoms with Gasteiger partial charge >= 0.3 is 0 Å². The number of rotatable bonds is 8. The van der Waals surface area contributed by atoms with Crippen molar-refractivity contribution in [1.29, 1.82) is 0 Å². The smallest absolute Gasteiger partial charge is 0.237 e.